The zero-order valence-electron chi connectivity index (χ0n) is 15.3. The number of carbonyl (C=O) groups excluding carboxylic acids is 1. The van der Waals surface area contributed by atoms with Gasteiger partial charge in [-0.3, -0.25) is 14.4 Å². The first-order valence-corrected chi connectivity index (χ1v) is 9.08. The van der Waals surface area contributed by atoms with E-state index in [2.05, 4.69) is 20.1 Å². The van der Waals surface area contributed by atoms with Crippen LogP contribution in [0.1, 0.15) is 16.1 Å². The normalized spacial score (nSPS) is 15.2. The van der Waals surface area contributed by atoms with Crippen molar-refractivity contribution in [3.63, 3.8) is 0 Å². The highest BCUT2D eigenvalue weighted by atomic mass is 16.5. The Morgan fingerprint density at radius 2 is 1.89 bits per heavy atom. The molecule has 4 rings (SSSR count). The number of rotatable bonds is 5. The number of aromatic nitrogens is 4. The Morgan fingerprint density at radius 3 is 2.59 bits per heavy atom. The van der Waals surface area contributed by atoms with Crippen molar-refractivity contribution in [1.29, 1.82) is 0 Å². The summed E-state index contributed by atoms with van der Waals surface area (Å²) in [7, 11) is 0. The lowest BCUT2D eigenvalue weighted by Crippen LogP contribution is -2.49. The van der Waals surface area contributed by atoms with Crippen molar-refractivity contribution in [3.05, 3.63) is 54.3 Å². The molecule has 0 bridgehead atoms. The maximum absolute atomic E-state index is 13.1. The maximum atomic E-state index is 13.1. The molecule has 1 fully saturated rings. The zero-order valence-corrected chi connectivity index (χ0v) is 15.3. The van der Waals surface area contributed by atoms with Crippen LogP contribution in [0.4, 0.5) is 0 Å². The number of hydrogen-bond donors (Lipinski definition) is 0. The van der Waals surface area contributed by atoms with Gasteiger partial charge in [-0.25, -0.2) is 4.98 Å². The van der Waals surface area contributed by atoms with Crippen LogP contribution < -0.4 is 0 Å². The quantitative estimate of drug-likeness (QED) is 0.684. The Bertz CT molecular complexity index is 882. The number of benzene rings is 1. The third-order valence-electron chi connectivity index (χ3n) is 4.90. The molecule has 8 nitrogen and oxygen atoms in total. The predicted molar refractivity (Wildman–Crippen MR) is 99.0 cm³/mol. The molecule has 3 heterocycles. The van der Waals surface area contributed by atoms with Crippen molar-refractivity contribution < 1.29 is 9.32 Å². The van der Waals surface area contributed by atoms with Gasteiger partial charge in [0.15, 0.2) is 0 Å². The van der Waals surface area contributed by atoms with Crippen molar-refractivity contribution in [2.75, 3.05) is 32.7 Å². The Kier molecular flexibility index (Phi) is 4.97. The third kappa shape index (κ3) is 3.75. The van der Waals surface area contributed by atoms with E-state index in [1.165, 1.54) is 0 Å². The van der Waals surface area contributed by atoms with Crippen LogP contribution in [-0.4, -0.2) is 68.4 Å². The molecular weight excluding hydrogens is 344 g/mol. The standard InChI is InChI=1S/C19H22N6O2/c1-15-17(18(22-27-15)16-5-3-2-4-6-16)19(26)24-10-7-23(8-11-24)9-12-25-14-20-13-21-25/h2-6,13-14H,7-12H2,1H3. The van der Waals surface area contributed by atoms with Gasteiger partial charge in [0.25, 0.3) is 5.91 Å². The minimum Gasteiger partial charge on any atom is -0.360 e. The summed E-state index contributed by atoms with van der Waals surface area (Å²) in [4.78, 5) is 21.3. The molecule has 0 N–H and O–H groups in total. The lowest BCUT2D eigenvalue weighted by atomic mass is 10.0. The van der Waals surface area contributed by atoms with E-state index in [0.717, 1.165) is 31.7 Å². The van der Waals surface area contributed by atoms with E-state index in [0.29, 0.717) is 30.1 Å². The van der Waals surface area contributed by atoms with Crippen molar-refractivity contribution in [2.45, 2.75) is 13.5 Å². The average Bonchev–Trinajstić information content (AvgIpc) is 3.36. The molecule has 140 valence electrons. The van der Waals surface area contributed by atoms with Crippen molar-refractivity contribution >= 4 is 5.91 Å². The molecule has 1 amide bonds. The van der Waals surface area contributed by atoms with Crippen LogP contribution in [0.25, 0.3) is 11.3 Å². The monoisotopic (exact) mass is 366 g/mol. The Balaban J connectivity index is 1.41. The van der Waals surface area contributed by atoms with Gasteiger partial charge in [-0.05, 0) is 6.92 Å². The minimum atomic E-state index is -0.0106. The molecule has 1 aliphatic heterocycles. The van der Waals surface area contributed by atoms with Gasteiger partial charge in [-0.2, -0.15) is 5.10 Å². The summed E-state index contributed by atoms with van der Waals surface area (Å²) in [6.07, 6.45) is 3.27. The molecule has 1 saturated heterocycles. The summed E-state index contributed by atoms with van der Waals surface area (Å²) in [5.41, 5.74) is 2.08. The smallest absolute Gasteiger partial charge is 0.259 e. The van der Waals surface area contributed by atoms with Crippen molar-refractivity contribution in [1.82, 2.24) is 29.7 Å². The number of piperazine rings is 1. The molecule has 1 aliphatic rings. The Hall–Kier alpha value is -3.00. The zero-order chi connectivity index (χ0) is 18.6. The number of hydrogen-bond acceptors (Lipinski definition) is 6. The van der Waals surface area contributed by atoms with E-state index in [-0.39, 0.29) is 5.91 Å². The second kappa shape index (κ2) is 7.71. The highest BCUT2D eigenvalue weighted by Gasteiger charge is 2.28. The molecule has 0 radical (unpaired) electrons. The molecule has 1 aromatic carbocycles. The van der Waals surface area contributed by atoms with E-state index in [1.807, 2.05) is 39.9 Å². The van der Waals surface area contributed by atoms with Gasteiger partial charge in [0, 0.05) is 38.3 Å². The summed E-state index contributed by atoms with van der Waals surface area (Å²) in [6.45, 7) is 6.55. The summed E-state index contributed by atoms with van der Waals surface area (Å²) in [5.74, 6) is 0.552. The fraction of sp³-hybridized carbons (Fsp3) is 0.368. The SMILES string of the molecule is Cc1onc(-c2ccccc2)c1C(=O)N1CCN(CCn2cncn2)CC1. The fourth-order valence-electron chi connectivity index (χ4n) is 3.34. The second-order valence-electron chi connectivity index (χ2n) is 6.62. The first-order valence-electron chi connectivity index (χ1n) is 9.08. The van der Waals surface area contributed by atoms with E-state index in [9.17, 15) is 4.79 Å². The Labute approximate surface area is 157 Å². The van der Waals surface area contributed by atoms with E-state index >= 15 is 0 Å². The third-order valence-corrected chi connectivity index (χ3v) is 4.90. The molecule has 3 aromatic rings. The van der Waals surface area contributed by atoms with E-state index in [4.69, 9.17) is 4.52 Å². The molecule has 0 spiro atoms. The highest BCUT2D eigenvalue weighted by molar-refractivity contribution is 6.00. The second-order valence-corrected chi connectivity index (χ2v) is 6.62. The van der Waals surface area contributed by atoms with Gasteiger partial charge in [0.05, 0.1) is 6.54 Å². The molecule has 27 heavy (non-hydrogen) atoms. The summed E-state index contributed by atoms with van der Waals surface area (Å²) < 4.78 is 7.16. The van der Waals surface area contributed by atoms with Crippen LogP contribution >= 0.6 is 0 Å². The average molecular weight is 366 g/mol. The topological polar surface area (TPSA) is 80.3 Å². The van der Waals surface area contributed by atoms with Gasteiger partial charge in [0.2, 0.25) is 0 Å². The number of nitrogens with zero attached hydrogens (tertiary/aromatic N) is 6. The lowest BCUT2D eigenvalue weighted by molar-refractivity contribution is 0.0631. The highest BCUT2D eigenvalue weighted by Crippen LogP contribution is 2.26. The van der Waals surface area contributed by atoms with Crippen LogP contribution in [0.3, 0.4) is 0 Å². The van der Waals surface area contributed by atoms with E-state index in [1.54, 1.807) is 19.6 Å². The Morgan fingerprint density at radius 1 is 1.11 bits per heavy atom. The maximum Gasteiger partial charge on any atom is 0.259 e. The van der Waals surface area contributed by atoms with Gasteiger partial charge >= 0.3 is 0 Å². The minimum absolute atomic E-state index is 0.0106. The van der Waals surface area contributed by atoms with Crippen LogP contribution in [0.5, 0.6) is 0 Å². The first kappa shape index (κ1) is 17.4. The molecule has 0 aliphatic carbocycles. The fourth-order valence-corrected chi connectivity index (χ4v) is 3.34. The first-order chi connectivity index (χ1) is 13.2. The molecule has 8 heteroatoms. The number of amides is 1. The summed E-state index contributed by atoms with van der Waals surface area (Å²) in [5, 5.41) is 8.25. The number of carbonyl (C=O) groups is 1. The predicted octanol–water partition coefficient (Wildman–Crippen LogP) is 1.70. The molecule has 2 aromatic heterocycles. The molecule has 0 saturated carbocycles. The summed E-state index contributed by atoms with van der Waals surface area (Å²) in [6, 6.07) is 9.69. The van der Waals surface area contributed by atoms with Gasteiger partial charge in [-0.15, -0.1) is 0 Å². The van der Waals surface area contributed by atoms with E-state index < -0.39 is 0 Å². The molecular formula is C19H22N6O2. The van der Waals surface area contributed by atoms with Crippen LogP contribution in [0, 0.1) is 6.92 Å². The molecule has 0 unspecified atom stereocenters. The van der Waals surface area contributed by atoms with Crippen molar-refractivity contribution in [3.8, 4) is 11.3 Å². The molecule has 0 atom stereocenters. The van der Waals surface area contributed by atoms with Crippen molar-refractivity contribution in [2.24, 2.45) is 0 Å². The van der Waals surface area contributed by atoms with Gasteiger partial charge < -0.3 is 9.42 Å². The van der Waals surface area contributed by atoms with Crippen LogP contribution in [-0.2, 0) is 6.54 Å². The lowest BCUT2D eigenvalue weighted by Gasteiger charge is -2.34. The van der Waals surface area contributed by atoms with Crippen LogP contribution in [0.2, 0.25) is 0 Å². The number of aryl methyl sites for hydroxylation is 1. The van der Waals surface area contributed by atoms with Gasteiger partial charge in [-0.1, -0.05) is 35.5 Å². The largest absolute Gasteiger partial charge is 0.360 e. The van der Waals surface area contributed by atoms with Gasteiger partial charge in [0.1, 0.15) is 29.7 Å². The summed E-state index contributed by atoms with van der Waals surface area (Å²) >= 11 is 0. The van der Waals surface area contributed by atoms with Crippen LogP contribution in [0.15, 0.2) is 47.5 Å².